The number of thiazole rings is 1. The van der Waals surface area contributed by atoms with Gasteiger partial charge in [-0.3, -0.25) is 4.79 Å². The standard InChI is InChI=1S/C22H15IN2OS/c23-18-10-6-16(7-11-18)21(26)24-19-12-8-15(9-13-19)20-14-27-22(25-20)17-4-2-1-3-5-17/h1-14H,(H,24,26). The maximum Gasteiger partial charge on any atom is 0.255 e. The smallest absolute Gasteiger partial charge is 0.255 e. The molecule has 0 saturated heterocycles. The van der Waals surface area contributed by atoms with E-state index >= 15 is 0 Å². The van der Waals surface area contributed by atoms with Crippen LogP contribution in [0.2, 0.25) is 0 Å². The summed E-state index contributed by atoms with van der Waals surface area (Å²) >= 11 is 3.85. The van der Waals surface area contributed by atoms with Gasteiger partial charge in [-0.2, -0.15) is 0 Å². The molecule has 27 heavy (non-hydrogen) atoms. The van der Waals surface area contributed by atoms with Gasteiger partial charge in [0.1, 0.15) is 5.01 Å². The number of aromatic nitrogens is 1. The molecule has 5 heteroatoms. The molecule has 3 aromatic carbocycles. The van der Waals surface area contributed by atoms with E-state index in [2.05, 4.69) is 45.4 Å². The van der Waals surface area contributed by atoms with E-state index in [1.54, 1.807) is 11.3 Å². The Hall–Kier alpha value is -2.51. The van der Waals surface area contributed by atoms with Gasteiger partial charge in [0.15, 0.2) is 0 Å². The summed E-state index contributed by atoms with van der Waals surface area (Å²) in [6.07, 6.45) is 0. The minimum Gasteiger partial charge on any atom is -0.322 e. The van der Waals surface area contributed by atoms with Gasteiger partial charge in [-0.25, -0.2) is 4.98 Å². The number of anilines is 1. The van der Waals surface area contributed by atoms with E-state index in [4.69, 9.17) is 4.98 Å². The molecule has 1 heterocycles. The number of hydrogen-bond donors (Lipinski definition) is 1. The summed E-state index contributed by atoms with van der Waals surface area (Å²) in [7, 11) is 0. The molecule has 132 valence electrons. The van der Waals surface area contributed by atoms with Crippen LogP contribution in [0.25, 0.3) is 21.8 Å². The van der Waals surface area contributed by atoms with Crippen LogP contribution in [0.1, 0.15) is 10.4 Å². The van der Waals surface area contributed by atoms with Crippen molar-refractivity contribution in [3.8, 4) is 21.8 Å². The maximum atomic E-state index is 12.3. The van der Waals surface area contributed by atoms with E-state index in [0.29, 0.717) is 5.56 Å². The number of nitrogens with one attached hydrogen (secondary N) is 1. The van der Waals surface area contributed by atoms with Crippen LogP contribution < -0.4 is 5.32 Å². The molecule has 1 N–H and O–H groups in total. The molecule has 0 spiro atoms. The fourth-order valence-corrected chi connectivity index (χ4v) is 3.84. The van der Waals surface area contributed by atoms with Crippen molar-refractivity contribution in [1.82, 2.24) is 4.98 Å². The Morgan fingerprint density at radius 3 is 2.26 bits per heavy atom. The largest absolute Gasteiger partial charge is 0.322 e. The van der Waals surface area contributed by atoms with E-state index in [1.807, 2.05) is 66.7 Å². The van der Waals surface area contributed by atoms with Gasteiger partial charge in [0, 0.05) is 31.3 Å². The highest BCUT2D eigenvalue weighted by Crippen LogP contribution is 2.29. The lowest BCUT2D eigenvalue weighted by atomic mass is 10.1. The minimum absolute atomic E-state index is 0.112. The van der Waals surface area contributed by atoms with E-state index in [-0.39, 0.29) is 5.91 Å². The summed E-state index contributed by atoms with van der Waals surface area (Å²) in [5, 5.41) is 5.99. The van der Waals surface area contributed by atoms with Crippen molar-refractivity contribution < 1.29 is 4.79 Å². The molecule has 4 rings (SSSR count). The molecule has 0 atom stereocenters. The summed E-state index contributed by atoms with van der Waals surface area (Å²) in [5.41, 5.74) is 4.50. The number of carbonyl (C=O) groups is 1. The molecular formula is C22H15IN2OS. The zero-order chi connectivity index (χ0) is 18.6. The van der Waals surface area contributed by atoms with E-state index in [9.17, 15) is 4.79 Å². The van der Waals surface area contributed by atoms with Crippen LogP contribution in [0.3, 0.4) is 0 Å². The van der Waals surface area contributed by atoms with Crippen molar-refractivity contribution >= 4 is 45.5 Å². The second-order valence-electron chi connectivity index (χ2n) is 5.94. The number of halogens is 1. The molecule has 0 bridgehead atoms. The molecule has 0 aliphatic heterocycles. The Morgan fingerprint density at radius 1 is 0.852 bits per heavy atom. The maximum absolute atomic E-state index is 12.3. The third-order valence-electron chi connectivity index (χ3n) is 4.07. The average Bonchev–Trinajstić information content (AvgIpc) is 3.20. The molecule has 0 fully saturated rings. The highest BCUT2D eigenvalue weighted by molar-refractivity contribution is 14.1. The van der Waals surface area contributed by atoms with Gasteiger partial charge in [-0.1, -0.05) is 42.5 Å². The highest BCUT2D eigenvalue weighted by Gasteiger charge is 2.08. The summed E-state index contributed by atoms with van der Waals surface area (Å²) in [4.78, 5) is 17.0. The average molecular weight is 482 g/mol. The first-order valence-electron chi connectivity index (χ1n) is 8.37. The van der Waals surface area contributed by atoms with Crippen LogP contribution in [-0.4, -0.2) is 10.9 Å². The predicted octanol–water partition coefficient (Wildman–Crippen LogP) is 6.33. The molecule has 4 aromatic rings. The number of hydrogen-bond acceptors (Lipinski definition) is 3. The number of nitrogens with zero attached hydrogens (tertiary/aromatic N) is 1. The zero-order valence-corrected chi connectivity index (χ0v) is 17.2. The highest BCUT2D eigenvalue weighted by atomic mass is 127. The molecule has 1 amide bonds. The van der Waals surface area contributed by atoms with Crippen LogP contribution in [0.15, 0.2) is 84.2 Å². The van der Waals surface area contributed by atoms with Crippen molar-refractivity contribution in [2.75, 3.05) is 5.32 Å². The lowest BCUT2D eigenvalue weighted by molar-refractivity contribution is 0.102. The van der Waals surface area contributed by atoms with Crippen molar-refractivity contribution in [2.24, 2.45) is 0 Å². The lowest BCUT2D eigenvalue weighted by Crippen LogP contribution is -2.11. The Kier molecular flexibility index (Phi) is 5.31. The molecular weight excluding hydrogens is 467 g/mol. The van der Waals surface area contributed by atoms with Gasteiger partial charge in [-0.05, 0) is 59.0 Å². The third kappa shape index (κ3) is 4.26. The quantitative estimate of drug-likeness (QED) is 0.345. The SMILES string of the molecule is O=C(Nc1ccc(-c2csc(-c3ccccc3)n2)cc1)c1ccc(I)cc1. The normalized spacial score (nSPS) is 10.6. The first-order chi connectivity index (χ1) is 13.2. The summed E-state index contributed by atoms with van der Waals surface area (Å²) in [6, 6.07) is 25.4. The van der Waals surface area contributed by atoms with Gasteiger partial charge in [0.25, 0.3) is 5.91 Å². The van der Waals surface area contributed by atoms with Crippen molar-refractivity contribution in [2.45, 2.75) is 0 Å². The second kappa shape index (κ2) is 8.02. The van der Waals surface area contributed by atoms with Crippen molar-refractivity contribution in [1.29, 1.82) is 0 Å². The monoisotopic (exact) mass is 482 g/mol. The Bertz CT molecular complexity index is 1060. The Balaban J connectivity index is 1.48. The van der Waals surface area contributed by atoms with E-state index in [0.717, 1.165) is 31.1 Å². The van der Waals surface area contributed by atoms with Gasteiger partial charge < -0.3 is 5.32 Å². The molecule has 1 aromatic heterocycles. The number of benzene rings is 3. The van der Waals surface area contributed by atoms with Gasteiger partial charge in [0.05, 0.1) is 5.69 Å². The predicted molar refractivity (Wildman–Crippen MR) is 120 cm³/mol. The van der Waals surface area contributed by atoms with Gasteiger partial charge >= 0.3 is 0 Å². The van der Waals surface area contributed by atoms with E-state index in [1.165, 1.54) is 0 Å². The van der Waals surface area contributed by atoms with Gasteiger partial charge in [-0.15, -0.1) is 11.3 Å². The van der Waals surface area contributed by atoms with Crippen molar-refractivity contribution in [3.63, 3.8) is 0 Å². The van der Waals surface area contributed by atoms with Crippen LogP contribution in [-0.2, 0) is 0 Å². The topological polar surface area (TPSA) is 42.0 Å². The molecule has 0 aliphatic rings. The number of carbonyl (C=O) groups excluding carboxylic acids is 1. The number of amides is 1. The van der Waals surface area contributed by atoms with Crippen molar-refractivity contribution in [3.05, 3.63) is 93.4 Å². The summed E-state index contributed by atoms with van der Waals surface area (Å²) < 4.78 is 1.10. The Labute approximate surface area is 175 Å². The minimum atomic E-state index is -0.112. The van der Waals surface area contributed by atoms with Crippen LogP contribution >= 0.6 is 33.9 Å². The van der Waals surface area contributed by atoms with Gasteiger partial charge in [0.2, 0.25) is 0 Å². The zero-order valence-electron chi connectivity index (χ0n) is 14.2. The third-order valence-corrected chi connectivity index (χ3v) is 5.68. The first kappa shape index (κ1) is 17.9. The van der Waals surface area contributed by atoms with Crippen LogP contribution in [0, 0.1) is 3.57 Å². The summed E-state index contributed by atoms with van der Waals surface area (Å²) in [6.45, 7) is 0. The van der Waals surface area contributed by atoms with Crippen LogP contribution in [0.5, 0.6) is 0 Å². The molecule has 0 saturated carbocycles. The molecule has 0 aliphatic carbocycles. The fraction of sp³-hybridized carbons (Fsp3) is 0. The van der Waals surface area contributed by atoms with Crippen LogP contribution in [0.4, 0.5) is 5.69 Å². The Morgan fingerprint density at radius 2 is 1.56 bits per heavy atom. The first-order valence-corrected chi connectivity index (χ1v) is 10.3. The molecule has 3 nitrogen and oxygen atoms in total. The second-order valence-corrected chi connectivity index (χ2v) is 8.05. The fourth-order valence-electron chi connectivity index (χ4n) is 2.65. The lowest BCUT2D eigenvalue weighted by Gasteiger charge is -2.06. The number of rotatable bonds is 4. The molecule has 0 unspecified atom stereocenters. The molecule has 0 radical (unpaired) electrons. The summed E-state index contributed by atoms with van der Waals surface area (Å²) in [5.74, 6) is -0.112. The van der Waals surface area contributed by atoms with E-state index < -0.39 is 0 Å².